The molecule has 0 fully saturated rings. The number of carbonyl (C=O) groups excluding carboxylic acids is 1. The maximum atomic E-state index is 13.8. The lowest BCUT2D eigenvalue weighted by molar-refractivity contribution is 0.0531. The van der Waals surface area contributed by atoms with Crippen molar-refractivity contribution in [3.05, 3.63) is 51.2 Å². The molecule has 146 valence electrons. The molecular weight excluding hydrogens is 367 g/mol. The summed E-state index contributed by atoms with van der Waals surface area (Å²) in [6.07, 6.45) is 0. The van der Waals surface area contributed by atoms with E-state index in [1.807, 2.05) is 13.8 Å². The van der Waals surface area contributed by atoms with Crippen molar-refractivity contribution in [1.82, 2.24) is 15.6 Å². The van der Waals surface area contributed by atoms with Gasteiger partial charge >= 0.3 is 5.97 Å². The number of carbonyl (C=O) groups is 1. The summed E-state index contributed by atoms with van der Waals surface area (Å²) >= 11 is 1.30. The van der Waals surface area contributed by atoms with Crippen LogP contribution >= 0.6 is 11.3 Å². The van der Waals surface area contributed by atoms with Crippen LogP contribution in [0.25, 0.3) is 0 Å². The fraction of sp³-hybridized carbons (Fsp3) is 0.421. The fourth-order valence-electron chi connectivity index (χ4n) is 2.37. The molecule has 8 heteroatoms. The molecule has 0 bridgehead atoms. The molecule has 2 rings (SSSR count). The molecule has 2 aromatic rings. The second-order valence-corrected chi connectivity index (χ2v) is 6.87. The SMILES string of the molecule is CCNC(=NCc1ccccc1F)NC(C)c1nc(C)c(C(=O)OCC)s1. The van der Waals surface area contributed by atoms with Crippen molar-refractivity contribution in [3.63, 3.8) is 0 Å². The number of hydrogen-bond donors (Lipinski definition) is 2. The van der Waals surface area contributed by atoms with Crippen LogP contribution in [-0.2, 0) is 11.3 Å². The lowest BCUT2D eigenvalue weighted by atomic mass is 10.2. The Balaban J connectivity index is 2.11. The molecule has 1 heterocycles. The standard InChI is InChI=1S/C19H25FN4O2S/c1-5-21-19(22-11-14-9-7-8-10-15(14)20)24-13(4)17-23-12(3)16(27-17)18(25)26-6-2/h7-10,13H,5-6,11H2,1-4H3,(H2,21,22,24). The number of benzene rings is 1. The van der Waals surface area contributed by atoms with E-state index < -0.39 is 0 Å². The zero-order chi connectivity index (χ0) is 19.8. The van der Waals surface area contributed by atoms with Crippen LogP contribution in [0.3, 0.4) is 0 Å². The minimum atomic E-state index is -0.355. The second kappa shape index (κ2) is 10.0. The maximum Gasteiger partial charge on any atom is 0.350 e. The van der Waals surface area contributed by atoms with Crippen molar-refractivity contribution in [2.75, 3.05) is 13.2 Å². The predicted octanol–water partition coefficient (Wildman–Crippen LogP) is 3.58. The average molecular weight is 393 g/mol. The minimum Gasteiger partial charge on any atom is -0.462 e. The Morgan fingerprint density at radius 2 is 2.11 bits per heavy atom. The lowest BCUT2D eigenvalue weighted by Crippen LogP contribution is -2.38. The van der Waals surface area contributed by atoms with Gasteiger partial charge in [-0.3, -0.25) is 0 Å². The first-order valence-electron chi connectivity index (χ1n) is 8.88. The number of halogens is 1. The minimum absolute atomic E-state index is 0.171. The van der Waals surface area contributed by atoms with E-state index in [0.717, 1.165) is 5.01 Å². The zero-order valence-corrected chi connectivity index (χ0v) is 16.8. The zero-order valence-electron chi connectivity index (χ0n) is 16.0. The summed E-state index contributed by atoms with van der Waals surface area (Å²) in [6.45, 7) is 8.66. The molecule has 0 aliphatic rings. The number of nitrogens with one attached hydrogen (secondary N) is 2. The highest BCUT2D eigenvalue weighted by Crippen LogP contribution is 2.24. The number of nitrogens with zero attached hydrogens (tertiary/aromatic N) is 2. The van der Waals surface area contributed by atoms with Crippen molar-refractivity contribution in [2.45, 2.75) is 40.3 Å². The highest BCUT2D eigenvalue weighted by Gasteiger charge is 2.20. The van der Waals surface area contributed by atoms with Crippen LogP contribution in [-0.4, -0.2) is 30.1 Å². The van der Waals surface area contributed by atoms with Gasteiger partial charge in [-0.25, -0.2) is 19.2 Å². The topological polar surface area (TPSA) is 75.6 Å². The first kappa shape index (κ1) is 20.8. The number of thiazole rings is 1. The average Bonchev–Trinajstić information content (AvgIpc) is 3.03. The number of aromatic nitrogens is 1. The Bertz CT molecular complexity index is 807. The molecule has 0 aliphatic heterocycles. The van der Waals surface area contributed by atoms with Crippen molar-refractivity contribution >= 4 is 23.3 Å². The Kier molecular flexibility index (Phi) is 7.72. The Labute approximate surface area is 162 Å². The number of aryl methyl sites for hydroxylation is 1. The van der Waals surface area contributed by atoms with E-state index in [1.165, 1.54) is 17.4 Å². The summed E-state index contributed by atoms with van der Waals surface area (Å²) in [6, 6.07) is 6.40. The molecule has 0 aliphatic carbocycles. The van der Waals surface area contributed by atoms with Gasteiger partial charge in [-0.1, -0.05) is 18.2 Å². The van der Waals surface area contributed by atoms with Gasteiger partial charge < -0.3 is 15.4 Å². The van der Waals surface area contributed by atoms with E-state index in [0.29, 0.717) is 35.2 Å². The summed E-state index contributed by atoms with van der Waals surface area (Å²) in [7, 11) is 0. The van der Waals surface area contributed by atoms with Gasteiger partial charge in [0, 0.05) is 12.1 Å². The Hall–Kier alpha value is -2.48. The largest absolute Gasteiger partial charge is 0.462 e. The summed E-state index contributed by atoms with van der Waals surface area (Å²) in [4.78, 5) is 21.4. The molecule has 0 radical (unpaired) electrons. The first-order chi connectivity index (χ1) is 13.0. The summed E-state index contributed by atoms with van der Waals surface area (Å²) in [5.41, 5.74) is 1.17. The number of esters is 1. The second-order valence-electron chi connectivity index (χ2n) is 5.84. The number of aliphatic imine (C=N–C) groups is 1. The van der Waals surface area contributed by atoms with E-state index in [9.17, 15) is 9.18 Å². The normalized spacial score (nSPS) is 12.6. The van der Waals surface area contributed by atoms with E-state index in [2.05, 4.69) is 20.6 Å². The molecular formula is C19H25FN4O2S. The molecule has 1 unspecified atom stereocenters. The van der Waals surface area contributed by atoms with Crippen molar-refractivity contribution in [3.8, 4) is 0 Å². The first-order valence-corrected chi connectivity index (χ1v) is 9.70. The smallest absolute Gasteiger partial charge is 0.350 e. The van der Waals surface area contributed by atoms with E-state index >= 15 is 0 Å². The molecule has 2 N–H and O–H groups in total. The number of rotatable bonds is 7. The quantitative estimate of drug-likeness (QED) is 0.428. The molecule has 1 aromatic heterocycles. The molecule has 0 amide bonds. The molecule has 1 atom stereocenters. The molecule has 0 saturated carbocycles. The lowest BCUT2D eigenvalue weighted by Gasteiger charge is -2.16. The van der Waals surface area contributed by atoms with E-state index in [4.69, 9.17) is 4.74 Å². The Morgan fingerprint density at radius 1 is 1.37 bits per heavy atom. The summed E-state index contributed by atoms with van der Waals surface area (Å²) in [5.74, 6) is -0.0790. The van der Waals surface area contributed by atoms with E-state index in [1.54, 1.807) is 32.0 Å². The van der Waals surface area contributed by atoms with Crippen LogP contribution in [0.15, 0.2) is 29.3 Å². The Morgan fingerprint density at radius 3 is 2.78 bits per heavy atom. The van der Waals surface area contributed by atoms with Gasteiger partial charge in [0.05, 0.1) is 24.9 Å². The molecule has 6 nitrogen and oxygen atoms in total. The third-order valence-electron chi connectivity index (χ3n) is 3.71. The third kappa shape index (κ3) is 5.75. The van der Waals surface area contributed by atoms with Crippen LogP contribution in [0, 0.1) is 12.7 Å². The van der Waals surface area contributed by atoms with Crippen LogP contribution in [0.4, 0.5) is 4.39 Å². The molecule has 27 heavy (non-hydrogen) atoms. The van der Waals surface area contributed by atoms with Crippen LogP contribution in [0.2, 0.25) is 0 Å². The highest BCUT2D eigenvalue weighted by molar-refractivity contribution is 7.13. The molecule has 0 saturated heterocycles. The number of hydrogen-bond acceptors (Lipinski definition) is 5. The monoisotopic (exact) mass is 392 g/mol. The van der Waals surface area contributed by atoms with Crippen molar-refractivity contribution in [2.24, 2.45) is 4.99 Å². The maximum absolute atomic E-state index is 13.8. The van der Waals surface area contributed by atoms with Crippen LogP contribution in [0.1, 0.15) is 52.7 Å². The van der Waals surface area contributed by atoms with E-state index in [-0.39, 0.29) is 24.4 Å². The van der Waals surface area contributed by atoms with Gasteiger partial charge in [-0.05, 0) is 33.8 Å². The molecule has 0 spiro atoms. The van der Waals surface area contributed by atoms with Gasteiger partial charge in [0.2, 0.25) is 0 Å². The van der Waals surface area contributed by atoms with Crippen molar-refractivity contribution in [1.29, 1.82) is 0 Å². The van der Waals surface area contributed by atoms with Gasteiger partial charge in [0.1, 0.15) is 15.7 Å². The number of guanidine groups is 1. The summed E-state index contributed by atoms with van der Waals surface area (Å²) in [5, 5.41) is 7.14. The third-order valence-corrected chi connectivity index (χ3v) is 5.03. The number of ether oxygens (including phenoxy) is 1. The molecule has 1 aromatic carbocycles. The van der Waals surface area contributed by atoms with Crippen LogP contribution < -0.4 is 10.6 Å². The van der Waals surface area contributed by atoms with Crippen molar-refractivity contribution < 1.29 is 13.9 Å². The highest BCUT2D eigenvalue weighted by atomic mass is 32.1. The fourth-order valence-corrected chi connectivity index (χ4v) is 3.33. The van der Waals surface area contributed by atoms with Gasteiger partial charge in [0.15, 0.2) is 5.96 Å². The predicted molar refractivity (Wildman–Crippen MR) is 106 cm³/mol. The van der Waals surface area contributed by atoms with Gasteiger partial charge in [0.25, 0.3) is 0 Å². The van der Waals surface area contributed by atoms with Gasteiger partial charge in [-0.2, -0.15) is 0 Å². The van der Waals surface area contributed by atoms with Crippen LogP contribution in [0.5, 0.6) is 0 Å². The van der Waals surface area contributed by atoms with Gasteiger partial charge in [-0.15, -0.1) is 11.3 Å². The summed E-state index contributed by atoms with van der Waals surface area (Å²) < 4.78 is 18.8.